The fourth-order valence-electron chi connectivity index (χ4n) is 9.45. The summed E-state index contributed by atoms with van der Waals surface area (Å²) in [6.07, 6.45) is 7.24. The lowest BCUT2D eigenvalue weighted by Crippen LogP contribution is -2.61. The van der Waals surface area contributed by atoms with E-state index in [4.69, 9.17) is 5.73 Å². The molecular formula is C60H85N9O10S. The van der Waals surface area contributed by atoms with E-state index in [0.29, 0.717) is 49.8 Å². The van der Waals surface area contributed by atoms with Gasteiger partial charge in [-0.25, -0.2) is 13.1 Å². The molecule has 1 heterocycles. The van der Waals surface area contributed by atoms with Crippen LogP contribution < -0.4 is 37.0 Å². The SMILES string of the molecule is CNC(C(=O)NC(C(=O)N(C)C(C=C(C)C(=O)NS(=O)(=O)Cc1ccc(CNC(=O)C(CCCCN)NC(=O)C(Cc2ccccc2)NC(=O)CCCCCN2C(=O)C=CC2=O)cc1)C(C)C)C(C)(C)C)C(C)(C)c1ccccc1. The number of carbonyl (C=O) groups is 8. The zero-order chi connectivity index (χ0) is 59.4. The first kappa shape index (κ1) is 65.5. The van der Waals surface area contributed by atoms with Gasteiger partial charge in [-0.1, -0.05) is 146 Å². The number of nitrogens with one attached hydrogen (secondary N) is 6. The molecule has 0 fully saturated rings. The molecule has 4 rings (SSSR count). The summed E-state index contributed by atoms with van der Waals surface area (Å²) in [5, 5.41) is 14.7. The number of hydrogen-bond donors (Lipinski definition) is 7. The quantitative estimate of drug-likeness (QED) is 0.0265. The van der Waals surface area contributed by atoms with Crippen LogP contribution >= 0.6 is 0 Å². The molecule has 8 N–H and O–H groups in total. The van der Waals surface area contributed by atoms with Gasteiger partial charge in [0.1, 0.15) is 18.1 Å². The molecule has 80 heavy (non-hydrogen) atoms. The van der Waals surface area contributed by atoms with Crippen molar-refractivity contribution in [3.05, 3.63) is 131 Å². The minimum Gasteiger partial charge on any atom is -0.350 e. The van der Waals surface area contributed by atoms with Crippen molar-refractivity contribution in [2.45, 2.75) is 155 Å². The average Bonchev–Trinajstić information content (AvgIpc) is 3.79. The highest BCUT2D eigenvalue weighted by molar-refractivity contribution is 7.89. The highest BCUT2D eigenvalue weighted by atomic mass is 32.2. The van der Waals surface area contributed by atoms with Crippen LogP contribution in [0.5, 0.6) is 0 Å². The molecule has 0 aromatic heterocycles. The summed E-state index contributed by atoms with van der Waals surface area (Å²) >= 11 is 0. The van der Waals surface area contributed by atoms with E-state index in [2.05, 4.69) is 31.3 Å². The number of benzene rings is 3. The number of sulfonamides is 1. The number of nitrogens with zero attached hydrogens (tertiary/aromatic N) is 2. The summed E-state index contributed by atoms with van der Waals surface area (Å²) in [6.45, 7) is 15.4. The molecule has 19 nitrogen and oxygen atoms in total. The van der Waals surface area contributed by atoms with E-state index in [1.165, 1.54) is 24.0 Å². The second kappa shape index (κ2) is 30.5. The number of imide groups is 1. The average molecular weight is 1120 g/mol. The first-order valence-corrected chi connectivity index (χ1v) is 29.1. The van der Waals surface area contributed by atoms with Crippen LogP contribution in [0.2, 0.25) is 0 Å². The largest absolute Gasteiger partial charge is 0.350 e. The third-order valence-corrected chi connectivity index (χ3v) is 15.5. The fourth-order valence-corrected chi connectivity index (χ4v) is 10.6. The van der Waals surface area contributed by atoms with Crippen molar-refractivity contribution in [1.82, 2.24) is 41.1 Å². The Morgan fingerprint density at radius 2 is 1.30 bits per heavy atom. The van der Waals surface area contributed by atoms with Gasteiger partial charge in [0.2, 0.25) is 39.6 Å². The maximum absolute atomic E-state index is 14.4. The van der Waals surface area contributed by atoms with Gasteiger partial charge in [0.05, 0.1) is 17.8 Å². The minimum absolute atomic E-state index is 0.0381. The van der Waals surface area contributed by atoms with E-state index in [0.717, 1.165) is 16.0 Å². The molecule has 436 valence electrons. The molecule has 0 saturated heterocycles. The zero-order valence-electron chi connectivity index (χ0n) is 48.2. The fraction of sp³-hybridized carbons (Fsp3) is 0.500. The van der Waals surface area contributed by atoms with Gasteiger partial charge in [-0.05, 0) is 86.2 Å². The van der Waals surface area contributed by atoms with Gasteiger partial charge in [-0.3, -0.25) is 43.3 Å². The molecule has 5 atom stereocenters. The van der Waals surface area contributed by atoms with Crippen molar-refractivity contribution in [1.29, 1.82) is 0 Å². The van der Waals surface area contributed by atoms with Crippen LogP contribution in [0.3, 0.4) is 0 Å². The van der Waals surface area contributed by atoms with Gasteiger partial charge in [0, 0.05) is 56.1 Å². The van der Waals surface area contributed by atoms with Gasteiger partial charge < -0.3 is 37.2 Å². The molecule has 3 aromatic rings. The van der Waals surface area contributed by atoms with Crippen molar-refractivity contribution in [3.8, 4) is 0 Å². The third-order valence-electron chi connectivity index (χ3n) is 14.2. The molecule has 5 unspecified atom stereocenters. The molecule has 0 spiro atoms. The van der Waals surface area contributed by atoms with E-state index in [9.17, 15) is 46.8 Å². The van der Waals surface area contributed by atoms with E-state index in [-0.39, 0.29) is 73.4 Å². The van der Waals surface area contributed by atoms with Crippen molar-refractivity contribution in [3.63, 3.8) is 0 Å². The number of amides is 8. The van der Waals surface area contributed by atoms with E-state index < -0.39 is 74.5 Å². The van der Waals surface area contributed by atoms with Gasteiger partial charge >= 0.3 is 0 Å². The molecule has 0 aliphatic carbocycles. The smallest absolute Gasteiger partial charge is 0.260 e. The summed E-state index contributed by atoms with van der Waals surface area (Å²) in [4.78, 5) is 109. The number of hydrogen-bond acceptors (Lipinski definition) is 12. The maximum atomic E-state index is 14.4. The molecular weight excluding hydrogens is 1040 g/mol. The monoisotopic (exact) mass is 1120 g/mol. The van der Waals surface area contributed by atoms with Crippen molar-refractivity contribution in [2.24, 2.45) is 17.1 Å². The Morgan fingerprint density at radius 1 is 0.700 bits per heavy atom. The molecule has 0 radical (unpaired) electrons. The lowest BCUT2D eigenvalue weighted by molar-refractivity contribution is -0.141. The second-order valence-electron chi connectivity index (χ2n) is 22.5. The number of likely N-dealkylation sites (N-methyl/N-ethyl adjacent to an activating group) is 2. The molecule has 0 bridgehead atoms. The van der Waals surface area contributed by atoms with Crippen LogP contribution in [-0.2, 0) is 72.5 Å². The van der Waals surface area contributed by atoms with E-state index in [1.54, 1.807) is 44.4 Å². The van der Waals surface area contributed by atoms with Crippen molar-refractivity contribution in [2.75, 3.05) is 27.2 Å². The Hall–Kier alpha value is -7.03. The Balaban J connectivity index is 1.36. The lowest BCUT2D eigenvalue weighted by Gasteiger charge is -2.40. The van der Waals surface area contributed by atoms with Crippen LogP contribution in [0.4, 0.5) is 0 Å². The first-order chi connectivity index (χ1) is 37.7. The predicted molar refractivity (Wildman–Crippen MR) is 309 cm³/mol. The van der Waals surface area contributed by atoms with Crippen LogP contribution in [0, 0.1) is 11.3 Å². The number of carbonyl (C=O) groups excluding carboxylic acids is 8. The van der Waals surface area contributed by atoms with E-state index >= 15 is 0 Å². The van der Waals surface area contributed by atoms with Crippen molar-refractivity contribution < 1.29 is 46.8 Å². The highest BCUT2D eigenvalue weighted by Gasteiger charge is 2.42. The van der Waals surface area contributed by atoms with E-state index in [1.807, 2.05) is 109 Å². The standard InChI is InChI=1S/C60H85N9O10S/c1-40(2)48(68(10)58(77)53(59(4,5)6)66-57(76)52(62-9)60(7,8)45-24-16-12-17-25-45)36-41(3)54(73)67-80(78,79)39-44-30-28-43(29-31-44)38-63-55(74)46(26-19-20-34-61)65-56(75)47(37-42-22-14-11-15-23-42)64-49(70)27-18-13-21-35-69-50(71)32-33-51(69)72/h11-12,14-17,22-25,28-33,36,40,46-48,52-53,62H,13,18-21,26-27,34-35,37-39,61H2,1-10H3,(H,63,74)(H,64,70)(H,65,75)(H,66,76)(H,67,73). The summed E-state index contributed by atoms with van der Waals surface area (Å²) < 4.78 is 29.0. The number of rotatable bonds is 31. The lowest BCUT2D eigenvalue weighted by atomic mass is 9.76. The Bertz CT molecular complexity index is 2760. The molecule has 1 aliphatic heterocycles. The zero-order valence-corrected chi connectivity index (χ0v) is 49.0. The summed E-state index contributed by atoms with van der Waals surface area (Å²) in [7, 11) is -0.925. The minimum atomic E-state index is -4.23. The molecule has 8 amide bonds. The first-order valence-electron chi connectivity index (χ1n) is 27.4. The number of nitrogens with two attached hydrogens (primary N) is 1. The third kappa shape index (κ3) is 20.0. The Kier molecular flexibility index (Phi) is 25.0. The van der Waals surface area contributed by atoms with Gasteiger partial charge in [0.15, 0.2) is 0 Å². The van der Waals surface area contributed by atoms with Crippen molar-refractivity contribution >= 4 is 57.3 Å². The summed E-state index contributed by atoms with van der Waals surface area (Å²) in [5.74, 6) is -4.46. The normalized spacial score (nSPS) is 14.9. The Morgan fingerprint density at radius 3 is 1.88 bits per heavy atom. The van der Waals surface area contributed by atoms with Crippen LogP contribution in [-0.4, -0.2) is 123 Å². The summed E-state index contributed by atoms with van der Waals surface area (Å²) in [6, 6.07) is 20.9. The van der Waals surface area contributed by atoms with Gasteiger partial charge in [0.25, 0.3) is 17.7 Å². The molecule has 1 aliphatic rings. The van der Waals surface area contributed by atoms with Gasteiger partial charge in [-0.15, -0.1) is 0 Å². The second-order valence-corrected chi connectivity index (χ2v) is 24.2. The van der Waals surface area contributed by atoms with Crippen LogP contribution in [0.1, 0.15) is 123 Å². The highest BCUT2D eigenvalue weighted by Crippen LogP contribution is 2.29. The van der Waals surface area contributed by atoms with Crippen LogP contribution in [0.25, 0.3) is 0 Å². The topological polar surface area (TPSA) is 275 Å². The molecule has 0 saturated carbocycles. The van der Waals surface area contributed by atoms with Gasteiger partial charge in [-0.2, -0.15) is 0 Å². The van der Waals surface area contributed by atoms with Crippen LogP contribution in [0.15, 0.2) is 109 Å². The maximum Gasteiger partial charge on any atom is 0.260 e. The predicted octanol–water partition coefficient (Wildman–Crippen LogP) is 4.60. The molecule has 20 heteroatoms. The molecule has 3 aromatic carbocycles. The number of unbranched alkanes of at least 4 members (excludes halogenated alkanes) is 3. The Labute approximate surface area is 473 Å². The summed E-state index contributed by atoms with van der Waals surface area (Å²) in [5.41, 5.74) is 7.19.